The standard InChI is InChI=1S/C12H19N3O3/c1-8(2)12(11(16)17)4-5-15(7-12)6-10-13-9(3)14-18-10/h8H,4-7H2,1-3H3,(H,16,17). The molecule has 1 fully saturated rings. The van der Waals surface area contributed by atoms with E-state index >= 15 is 0 Å². The molecule has 6 nitrogen and oxygen atoms in total. The van der Waals surface area contributed by atoms with Crippen LogP contribution in [0.3, 0.4) is 0 Å². The molecular weight excluding hydrogens is 234 g/mol. The Morgan fingerprint density at radius 3 is 2.78 bits per heavy atom. The van der Waals surface area contributed by atoms with Crippen LogP contribution in [0.15, 0.2) is 4.52 Å². The summed E-state index contributed by atoms with van der Waals surface area (Å²) in [7, 11) is 0. The molecule has 2 heterocycles. The zero-order valence-corrected chi connectivity index (χ0v) is 11.0. The second-order valence-electron chi connectivity index (χ2n) is 5.31. The summed E-state index contributed by atoms with van der Waals surface area (Å²) in [5.74, 6) is 0.570. The van der Waals surface area contributed by atoms with E-state index in [2.05, 4.69) is 15.0 Å². The summed E-state index contributed by atoms with van der Waals surface area (Å²) in [4.78, 5) is 17.7. The topological polar surface area (TPSA) is 79.5 Å². The van der Waals surface area contributed by atoms with Gasteiger partial charge in [-0.25, -0.2) is 0 Å². The number of hydrogen-bond acceptors (Lipinski definition) is 5. The summed E-state index contributed by atoms with van der Waals surface area (Å²) in [6, 6.07) is 0. The summed E-state index contributed by atoms with van der Waals surface area (Å²) in [5.41, 5.74) is -0.644. The maximum absolute atomic E-state index is 11.5. The second kappa shape index (κ2) is 4.68. The maximum atomic E-state index is 11.5. The first kappa shape index (κ1) is 13.0. The number of aromatic nitrogens is 2. The zero-order chi connectivity index (χ0) is 13.3. The van der Waals surface area contributed by atoms with Crippen molar-refractivity contribution in [3.05, 3.63) is 11.7 Å². The molecule has 1 atom stereocenters. The molecule has 1 N–H and O–H groups in total. The molecule has 0 aliphatic carbocycles. The van der Waals surface area contributed by atoms with Crippen molar-refractivity contribution in [2.45, 2.75) is 33.7 Å². The van der Waals surface area contributed by atoms with Gasteiger partial charge in [0.05, 0.1) is 12.0 Å². The summed E-state index contributed by atoms with van der Waals surface area (Å²) < 4.78 is 5.07. The first-order valence-corrected chi connectivity index (χ1v) is 6.19. The van der Waals surface area contributed by atoms with Crippen molar-refractivity contribution < 1.29 is 14.4 Å². The van der Waals surface area contributed by atoms with Gasteiger partial charge in [-0.3, -0.25) is 9.69 Å². The van der Waals surface area contributed by atoms with E-state index in [1.807, 2.05) is 13.8 Å². The van der Waals surface area contributed by atoms with Crippen molar-refractivity contribution in [2.75, 3.05) is 13.1 Å². The minimum Gasteiger partial charge on any atom is -0.481 e. The van der Waals surface area contributed by atoms with Gasteiger partial charge in [-0.05, 0) is 25.8 Å². The third-order valence-electron chi connectivity index (χ3n) is 3.84. The number of carboxylic acid groups (broad SMARTS) is 1. The zero-order valence-electron chi connectivity index (χ0n) is 11.0. The van der Waals surface area contributed by atoms with E-state index < -0.39 is 11.4 Å². The van der Waals surface area contributed by atoms with Crippen molar-refractivity contribution in [3.8, 4) is 0 Å². The molecule has 0 spiro atoms. The highest BCUT2D eigenvalue weighted by atomic mass is 16.5. The average molecular weight is 253 g/mol. The molecular formula is C12H19N3O3. The largest absolute Gasteiger partial charge is 0.481 e. The number of hydrogen-bond donors (Lipinski definition) is 1. The molecule has 18 heavy (non-hydrogen) atoms. The van der Waals surface area contributed by atoms with Crippen molar-refractivity contribution in [1.29, 1.82) is 0 Å². The van der Waals surface area contributed by atoms with E-state index in [1.54, 1.807) is 6.92 Å². The van der Waals surface area contributed by atoms with Crippen molar-refractivity contribution in [3.63, 3.8) is 0 Å². The maximum Gasteiger partial charge on any atom is 0.311 e. The Balaban J connectivity index is 2.05. The molecule has 1 aliphatic heterocycles. The van der Waals surface area contributed by atoms with Crippen LogP contribution in [-0.4, -0.2) is 39.2 Å². The number of nitrogens with zero attached hydrogens (tertiary/aromatic N) is 3. The van der Waals surface area contributed by atoms with Crippen LogP contribution in [0, 0.1) is 18.3 Å². The summed E-state index contributed by atoms with van der Waals surface area (Å²) in [6.07, 6.45) is 0.674. The number of aryl methyl sites for hydroxylation is 1. The summed E-state index contributed by atoms with van der Waals surface area (Å²) >= 11 is 0. The fourth-order valence-corrected chi connectivity index (χ4v) is 2.54. The number of rotatable bonds is 4. The van der Waals surface area contributed by atoms with E-state index in [9.17, 15) is 9.90 Å². The Labute approximate surface area is 106 Å². The first-order chi connectivity index (χ1) is 8.44. The van der Waals surface area contributed by atoms with E-state index in [0.29, 0.717) is 31.2 Å². The molecule has 100 valence electrons. The molecule has 1 aromatic rings. The second-order valence-corrected chi connectivity index (χ2v) is 5.31. The molecule has 1 saturated heterocycles. The number of carboxylic acids is 1. The lowest BCUT2D eigenvalue weighted by molar-refractivity contribution is -0.151. The highest BCUT2D eigenvalue weighted by Gasteiger charge is 2.47. The highest BCUT2D eigenvalue weighted by molar-refractivity contribution is 5.75. The van der Waals surface area contributed by atoms with Crippen LogP contribution in [-0.2, 0) is 11.3 Å². The minimum absolute atomic E-state index is 0.115. The molecule has 2 rings (SSSR count). The van der Waals surface area contributed by atoms with Gasteiger partial charge in [0.1, 0.15) is 0 Å². The van der Waals surface area contributed by atoms with Gasteiger partial charge in [0.15, 0.2) is 5.82 Å². The third-order valence-corrected chi connectivity index (χ3v) is 3.84. The minimum atomic E-state index is -0.707. The van der Waals surface area contributed by atoms with E-state index in [-0.39, 0.29) is 5.92 Å². The first-order valence-electron chi connectivity index (χ1n) is 6.19. The van der Waals surface area contributed by atoms with Crippen LogP contribution in [0.1, 0.15) is 32.0 Å². The highest BCUT2D eigenvalue weighted by Crippen LogP contribution is 2.38. The van der Waals surface area contributed by atoms with Crippen LogP contribution in [0.4, 0.5) is 0 Å². The van der Waals surface area contributed by atoms with Gasteiger partial charge in [-0.1, -0.05) is 19.0 Å². The van der Waals surface area contributed by atoms with Crippen LogP contribution in [0.2, 0.25) is 0 Å². The van der Waals surface area contributed by atoms with Crippen LogP contribution in [0.5, 0.6) is 0 Å². The lowest BCUT2D eigenvalue weighted by Crippen LogP contribution is -2.39. The van der Waals surface area contributed by atoms with Crippen LogP contribution in [0.25, 0.3) is 0 Å². The molecule has 0 saturated carbocycles. The predicted molar refractivity (Wildman–Crippen MR) is 63.8 cm³/mol. The summed E-state index contributed by atoms with van der Waals surface area (Å²) in [6.45, 7) is 7.53. The van der Waals surface area contributed by atoms with Crippen molar-refractivity contribution in [1.82, 2.24) is 15.0 Å². The Bertz CT molecular complexity index is 444. The molecule has 1 unspecified atom stereocenters. The van der Waals surface area contributed by atoms with Gasteiger partial charge in [0.25, 0.3) is 0 Å². The molecule has 6 heteroatoms. The normalized spacial score (nSPS) is 24.9. The SMILES string of the molecule is Cc1noc(CN2CCC(C(=O)O)(C(C)C)C2)n1. The molecule has 1 aromatic heterocycles. The Morgan fingerprint density at radius 2 is 2.33 bits per heavy atom. The van der Waals surface area contributed by atoms with Gasteiger partial charge in [-0.2, -0.15) is 4.98 Å². The van der Waals surface area contributed by atoms with E-state index in [0.717, 1.165) is 6.54 Å². The van der Waals surface area contributed by atoms with Crippen LogP contribution < -0.4 is 0 Å². The van der Waals surface area contributed by atoms with Gasteiger partial charge < -0.3 is 9.63 Å². The van der Waals surface area contributed by atoms with Gasteiger partial charge >= 0.3 is 5.97 Å². The smallest absolute Gasteiger partial charge is 0.311 e. The number of aliphatic carboxylic acids is 1. The predicted octanol–water partition coefficient (Wildman–Crippen LogP) is 1.31. The lowest BCUT2D eigenvalue weighted by atomic mass is 9.76. The Kier molecular flexibility index (Phi) is 3.38. The van der Waals surface area contributed by atoms with E-state index in [1.165, 1.54) is 0 Å². The quantitative estimate of drug-likeness (QED) is 0.871. The molecule has 0 radical (unpaired) electrons. The summed E-state index contributed by atoms with van der Waals surface area (Å²) in [5, 5.41) is 13.2. The monoisotopic (exact) mass is 253 g/mol. The van der Waals surface area contributed by atoms with Gasteiger partial charge in [-0.15, -0.1) is 0 Å². The van der Waals surface area contributed by atoms with E-state index in [4.69, 9.17) is 4.52 Å². The van der Waals surface area contributed by atoms with Crippen molar-refractivity contribution >= 4 is 5.97 Å². The van der Waals surface area contributed by atoms with Gasteiger partial charge in [0.2, 0.25) is 5.89 Å². The lowest BCUT2D eigenvalue weighted by Gasteiger charge is -2.28. The van der Waals surface area contributed by atoms with Crippen molar-refractivity contribution in [2.24, 2.45) is 11.3 Å². The van der Waals surface area contributed by atoms with Gasteiger partial charge in [0, 0.05) is 6.54 Å². The molecule has 0 amide bonds. The third kappa shape index (κ3) is 2.25. The molecule has 0 aromatic carbocycles. The Morgan fingerprint density at radius 1 is 1.61 bits per heavy atom. The fraction of sp³-hybridized carbons (Fsp3) is 0.750. The average Bonchev–Trinajstić information content (AvgIpc) is 2.86. The number of likely N-dealkylation sites (tertiary alicyclic amines) is 1. The molecule has 1 aliphatic rings. The fourth-order valence-electron chi connectivity index (χ4n) is 2.54. The number of carbonyl (C=O) groups is 1. The van der Waals surface area contributed by atoms with Crippen LogP contribution >= 0.6 is 0 Å². The molecule has 0 bridgehead atoms. The Hall–Kier alpha value is -1.43.